The fourth-order valence-corrected chi connectivity index (χ4v) is 2.11. The van der Waals surface area contributed by atoms with Crippen molar-refractivity contribution in [1.82, 2.24) is 4.90 Å². The predicted molar refractivity (Wildman–Crippen MR) is 51.4 cm³/mol. The predicted octanol–water partition coefficient (Wildman–Crippen LogP) is 1.90. The van der Waals surface area contributed by atoms with Gasteiger partial charge in [0.25, 0.3) is 0 Å². The highest BCUT2D eigenvalue weighted by atomic mass is 16.5. The largest absolute Gasteiger partial charge is 0.383 e. The molecule has 12 heavy (non-hydrogen) atoms. The summed E-state index contributed by atoms with van der Waals surface area (Å²) in [4.78, 5) is 2.56. The van der Waals surface area contributed by atoms with Crippen molar-refractivity contribution in [2.45, 2.75) is 45.2 Å². The lowest BCUT2D eigenvalue weighted by Gasteiger charge is -2.38. The second kappa shape index (κ2) is 4.83. The molecule has 0 N–H and O–H groups in total. The summed E-state index contributed by atoms with van der Waals surface area (Å²) in [7, 11) is 1.78. The van der Waals surface area contributed by atoms with Crippen LogP contribution in [0.2, 0.25) is 0 Å². The van der Waals surface area contributed by atoms with E-state index in [2.05, 4.69) is 18.7 Å². The molecular formula is C10H21NO. The summed E-state index contributed by atoms with van der Waals surface area (Å²) in [5, 5.41) is 0. The molecule has 0 radical (unpaired) electrons. The Kier molecular flexibility index (Phi) is 4.02. The van der Waals surface area contributed by atoms with E-state index in [1.54, 1.807) is 7.11 Å². The molecule has 0 saturated carbocycles. The first-order valence-corrected chi connectivity index (χ1v) is 5.00. The molecule has 0 aromatic rings. The van der Waals surface area contributed by atoms with Crippen LogP contribution in [-0.4, -0.2) is 37.2 Å². The summed E-state index contributed by atoms with van der Waals surface area (Å²) in [6.45, 7) is 6.62. The van der Waals surface area contributed by atoms with Crippen LogP contribution in [0.4, 0.5) is 0 Å². The molecule has 1 heterocycles. The molecule has 72 valence electrons. The monoisotopic (exact) mass is 171 g/mol. The first-order valence-electron chi connectivity index (χ1n) is 5.00. The van der Waals surface area contributed by atoms with Crippen molar-refractivity contribution >= 4 is 0 Å². The zero-order valence-corrected chi connectivity index (χ0v) is 8.55. The van der Waals surface area contributed by atoms with Gasteiger partial charge in [0.1, 0.15) is 0 Å². The van der Waals surface area contributed by atoms with Crippen LogP contribution in [0.15, 0.2) is 0 Å². The number of likely N-dealkylation sites (tertiary alicyclic amines) is 1. The molecule has 0 spiro atoms. The van der Waals surface area contributed by atoms with Crippen LogP contribution in [0.5, 0.6) is 0 Å². The normalized spacial score (nSPS) is 32.2. The Morgan fingerprint density at radius 2 is 1.83 bits per heavy atom. The molecule has 0 aromatic carbocycles. The van der Waals surface area contributed by atoms with Crippen LogP contribution >= 0.6 is 0 Å². The minimum atomic E-state index is 0.754. The third-order valence-electron chi connectivity index (χ3n) is 2.93. The van der Waals surface area contributed by atoms with E-state index in [4.69, 9.17) is 4.74 Å². The molecule has 2 heteroatoms. The van der Waals surface area contributed by atoms with E-state index in [0.717, 1.165) is 25.2 Å². The minimum Gasteiger partial charge on any atom is -0.383 e. The molecule has 1 saturated heterocycles. The van der Waals surface area contributed by atoms with Crippen LogP contribution in [-0.2, 0) is 4.74 Å². The molecule has 1 aliphatic rings. The van der Waals surface area contributed by atoms with Gasteiger partial charge in [-0.05, 0) is 26.7 Å². The first-order chi connectivity index (χ1) is 5.75. The Hall–Kier alpha value is -0.0800. The van der Waals surface area contributed by atoms with E-state index >= 15 is 0 Å². The Morgan fingerprint density at radius 1 is 1.25 bits per heavy atom. The second-order valence-electron chi connectivity index (χ2n) is 3.86. The number of nitrogens with zero attached hydrogens (tertiary/aromatic N) is 1. The number of methoxy groups -OCH3 is 1. The quantitative estimate of drug-likeness (QED) is 0.643. The maximum Gasteiger partial charge on any atom is 0.0589 e. The lowest BCUT2D eigenvalue weighted by Crippen LogP contribution is -2.45. The smallest absolute Gasteiger partial charge is 0.0589 e. The molecule has 0 amide bonds. The maximum absolute atomic E-state index is 5.10. The Labute approximate surface area is 75.9 Å². The van der Waals surface area contributed by atoms with Gasteiger partial charge in [0.05, 0.1) is 6.61 Å². The van der Waals surface area contributed by atoms with Crippen molar-refractivity contribution in [2.75, 3.05) is 20.3 Å². The van der Waals surface area contributed by atoms with Gasteiger partial charge in [0.15, 0.2) is 0 Å². The molecule has 1 fully saturated rings. The zero-order valence-electron chi connectivity index (χ0n) is 8.55. The average Bonchev–Trinajstić information content (AvgIpc) is 2.04. The molecule has 2 atom stereocenters. The summed E-state index contributed by atoms with van der Waals surface area (Å²) < 4.78 is 5.10. The average molecular weight is 171 g/mol. The lowest BCUT2D eigenvalue weighted by molar-refractivity contribution is 0.0666. The fraction of sp³-hybridized carbons (Fsp3) is 1.00. The zero-order chi connectivity index (χ0) is 8.97. The summed E-state index contributed by atoms with van der Waals surface area (Å²) in [6, 6.07) is 1.51. The highest BCUT2D eigenvalue weighted by molar-refractivity contribution is 4.78. The van der Waals surface area contributed by atoms with Gasteiger partial charge in [-0.1, -0.05) is 6.42 Å². The molecule has 2 nitrogen and oxygen atoms in total. The number of hydrogen-bond acceptors (Lipinski definition) is 2. The van der Waals surface area contributed by atoms with E-state index in [1.807, 2.05) is 0 Å². The molecule has 0 bridgehead atoms. The Balaban J connectivity index is 2.34. The highest BCUT2D eigenvalue weighted by Gasteiger charge is 2.23. The lowest BCUT2D eigenvalue weighted by atomic mass is 9.98. The van der Waals surface area contributed by atoms with Crippen LogP contribution in [0.3, 0.4) is 0 Å². The molecule has 1 aliphatic heterocycles. The van der Waals surface area contributed by atoms with Crippen molar-refractivity contribution < 1.29 is 4.74 Å². The summed E-state index contributed by atoms with van der Waals surface area (Å²) in [5.74, 6) is 0. The van der Waals surface area contributed by atoms with Crippen molar-refractivity contribution in [1.29, 1.82) is 0 Å². The van der Waals surface area contributed by atoms with Gasteiger partial charge in [0.2, 0.25) is 0 Å². The van der Waals surface area contributed by atoms with Gasteiger partial charge in [-0.3, -0.25) is 4.90 Å². The fourth-order valence-electron chi connectivity index (χ4n) is 2.11. The highest BCUT2D eigenvalue weighted by Crippen LogP contribution is 2.21. The molecule has 0 aliphatic carbocycles. The Bertz CT molecular complexity index is 117. The number of piperidine rings is 1. The maximum atomic E-state index is 5.10. The van der Waals surface area contributed by atoms with Crippen LogP contribution in [0, 0.1) is 0 Å². The number of rotatable bonds is 3. The number of hydrogen-bond donors (Lipinski definition) is 0. The third kappa shape index (κ3) is 2.46. The minimum absolute atomic E-state index is 0.754. The molecule has 0 aromatic heterocycles. The van der Waals surface area contributed by atoms with E-state index in [9.17, 15) is 0 Å². The van der Waals surface area contributed by atoms with Gasteiger partial charge >= 0.3 is 0 Å². The molecule has 2 unspecified atom stereocenters. The van der Waals surface area contributed by atoms with Crippen molar-refractivity contribution in [3.05, 3.63) is 0 Å². The first kappa shape index (κ1) is 10.0. The summed E-state index contributed by atoms with van der Waals surface area (Å²) in [5.41, 5.74) is 0. The van der Waals surface area contributed by atoms with E-state index in [0.29, 0.717) is 0 Å². The second-order valence-corrected chi connectivity index (χ2v) is 3.86. The van der Waals surface area contributed by atoms with E-state index < -0.39 is 0 Å². The van der Waals surface area contributed by atoms with Gasteiger partial charge in [-0.2, -0.15) is 0 Å². The van der Waals surface area contributed by atoms with Crippen LogP contribution in [0.25, 0.3) is 0 Å². The molecule has 1 rings (SSSR count). The Morgan fingerprint density at radius 3 is 2.33 bits per heavy atom. The third-order valence-corrected chi connectivity index (χ3v) is 2.93. The molecular weight excluding hydrogens is 150 g/mol. The van der Waals surface area contributed by atoms with Crippen molar-refractivity contribution in [3.63, 3.8) is 0 Å². The van der Waals surface area contributed by atoms with Crippen molar-refractivity contribution in [3.8, 4) is 0 Å². The summed E-state index contributed by atoms with van der Waals surface area (Å²) >= 11 is 0. The SMILES string of the molecule is COCCN1C(C)CCCC1C. The standard InChI is InChI=1S/C10H21NO/c1-9-5-4-6-10(2)11(9)7-8-12-3/h9-10H,4-8H2,1-3H3. The number of ether oxygens (including phenoxy) is 1. The van der Waals surface area contributed by atoms with E-state index in [1.165, 1.54) is 19.3 Å². The van der Waals surface area contributed by atoms with E-state index in [-0.39, 0.29) is 0 Å². The van der Waals surface area contributed by atoms with Crippen LogP contribution < -0.4 is 0 Å². The van der Waals surface area contributed by atoms with Crippen molar-refractivity contribution in [2.24, 2.45) is 0 Å². The topological polar surface area (TPSA) is 12.5 Å². The van der Waals surface area contributed by atoms with Gasteiger partial charge in [0, 0.05) is 25.7 Å². The summed E-state index contributed by atoms with van der Waals surface area (Å²) in [6.07, 6.45) is 4.11. The van der Waals surface area contributed by atoms with Crippen LogP contribution in [0.1, 0.15) is 33.1 Å². The van der Waals surface area contributed by atoms with Gasteiger partial charge in [-0.25, -0.2) is 0 Å². The van der Waals surface area contributed by atoms with Gasteiger partial charge < -0.3 is 4.74 Å². The van der Waals surface area contributed by atoms with Gasteiger partial charge in [-0.15, -0.1) is 0 Å².